The molecule has 0 aliphatic heterocycles. The third kappa shape index (κ3) is 9.13. The van der Waals surface area contributed by atoms with Crippen LogP contribution < -0.4 is 0 Å². The molecule has 0 aromatic heterocycles. The SMILES string of the molecule is CC(C)(C)CC(O)C(CO)(CO)CO.OP(O)O. The Hall–Kier alpha value is 0.150. The van der Waals surface area contributed by atoms with Gasteiger partial charge in [0.1, 0.15) is 0 Å². The van der Waals surface area contributed by atoms with E-state index in [0.29, 0.717) is 6.42 Å². The maximum atomic E-state index is 9.82. The molecule has 8 heteroatoms. The van der Waals surface area contributed by atoms with Gasteiger partial charge in [0.15, 0.2) is 0 Å². The zero-order chi connectivity index (χ0) is 15.0. The van der Waals surface area contributed by atoms with Gasteiger partial charge in [-0.1, -0.05) is 20.8 Å². The molecule has 0 rings (SSSR count). The van der Waals surface area contributed by atoms with E-state index in [1.807, 2.05) is 20.8 Å². The predicted molar refractivity (Wildman–Crippen MR) is 67.3 cm³/mol. The quantitative estimate of drug-likeness (QED) is 0.320. The Morgan fingerprint density at radius 3 is 1.33 bits per heavy atom. The number of hydrogen-bond acceptors (Lipinski definition) is 7. The van der Waals surface area contributed by atoms with E-state index in [-0.39, 0.29) is 5.41 Å². The van der Waals surface area contributed by atoms with Crippen LogP contribution >= 0.6 is 8.60 Å². The van der Waals surface area contributed by atoms with E-state index >= 15 is 0 Å². The van der Waals surface area contributed by atoms with Crippen molar-refractivity contribution in [3.05, 3.63) is 0 Å². The second-order valence-corrected chi connectivity index (χ2v) is 5.92. The van der Waals surface area contributed by atoms with Gasteiger partial charge in [-0.15, -0.1) is 0 Å². The Morgan fingerprint density at radius 1 is 0.889 bits per heavy atom. The molecule has 0 heterocycles. The van der Waals surface area contributed by atoms with Gasteiger partial charge in [-0.05, 0) is 11.8 Å². The van der Waals surface area contributed by atoms with Gasteiger partial charge in [0.2, 0.25) is 0 Å². The van der Waals surface area contributed by atoms with Crippen LogP contribution in [-0.2, 0) is 0 Å². The standard InChI is InChI=1S/C10H22O4.H3O3P/c1-9(2,3)4-8(14)10(5-11,6-12)7-13;1-4(2)3/h8,11-14H,4-7H2,1-3H3;1-3H. The first-order valence-electron chi connectivity index (χ1n) is 5.42. The molecule has 0 amide bonds. The summed E-state index contributed by atoms with van der Waals surface area (Å²) in [6.45, 7) is 4.60. The Bertz CT molecular complexity index is 190. The summed E-state index contributed by atoms with van der Waals surface area (Å²) in [5.41, 5.74) is -1.29. The molecule has 0 aromatic carbocycles. The average Bonchev–Trinajstić information content (AvgIpc) is 2.17. The van der Waals surface area contributed by atoms with Crippen LogP contribution in [0.5, 0.6) is 0 Å². The van der Waals surface area contributed by atoms with E-state index in [2.05, 4.69) is 0 Å². The highest BCUT2D eigenvalue weighted by atomic mass is 31.2. The topological polar surface area (TPSA) is 142 Å². The van der Waals surface area contributed by atoms with Gasteiger partial charge in [-0.2, -0.15) is 0 Å². The summed E-state index contributed by atoms with van der Waals surface area (Å²) in [7, 11) is -2.62. The fourth-order valence-electron chi connectivity index (χ4n) is 1.26. The minimum absolute atomic E-state index is 0.107. The summed E-state index contributed by atoms with van der Waals surface area (Å²) in [5, 5.41) is 37.0. The molecular formula is C10H25O7P. The van der Waals surface area contributed by atoms with E-state index in [0.717, 1.165) is 0 Å². The van der Waals surface area contributed by atoms with Crippen molar-refractivity contribution in [2.24, 2.45) is 10.8 Å². The molecule has 0 radical (unpaired) electrons. The van der Waals surface area contributed by atoms with Gasteiger partial charge < -0.3 is 35.1 Å². The van der Waals surface area contributed by atoms with E-state index in [1.165, 1.54) is 0 Å². The molecule has 1 unspecified atom stereocenters. The average molecular weight is 288 g/mol. The van der Waals surface area contributed by atoms with E-state index in [1.54, 1.807) is 0 Å². The van der Waals surface area contributed by atoms with Crippen LogP contribution in [0.25, 0.3) is 0 Å². The fraction of sp³-hybridized carbons (Fsp3) is 1.00. The second-order valence-electron chi connectivity index (χ2n) is 5.39. The summed E-state index contributed by atoms with van der Waals surface area (Å²) in [6.07, 6.45) is -0.475. The molecular weight excluding hydrogens is 263 g/mol. The van der Waals surface area contributed by atoms with E-state index in [4.69, 9.17) is 30.0 Å². The molecule has 0 saturated carbocycles. The molecule has 0 bridgehead atoms. The van der Waals surface area contributed by atoms with Crippen LogP contribution in [0.1, 0.15) is 27.2 Å². The largest absolute Gasteiger partial charge is 0.396 e. The lowest BCUT2D eigenvalue weighted by atomic mass is 9.76. The maximum Gasteiger partial charge on any atom is 0.324 e. The molecule has 112 valence electrons. The van der Waals surface area contributed by atoms with Crippen molar-refractivity contribution in [1.82, 2.24) is 0 Å². The molecule has 1 atom stereocenters. The molecule has 0 aliphatic carbocycles. The summed E-state index contributed by atoms with van der Waals surface area (Å²) in [4.78, 5) is 21.7. The lowest BCUT2D eigenvalue weighted by Crippen LogP contribution is -2.46. The van der Waals surface area contributed by atoms with Crippen molar-refractivity contribution in [3.8, 4) is 0 Å². The third-order valence-electron chi connectivity index (χ3n) is 2.46. The first-order chi connectivity index (χ1) is 8.04. The van der Waals surface area contributed by atoms with Crippen molar-refractivity contribution in [2.75, 3.05) is 19.8 Å². The number of rotatable bonds is 5. The first kappa shape index (κ1) is 20.5. The smallest absolute Gasteiger partial charge is 0.324 e. The highest BCUT2D eigenvalue weighted by Crippen LogP contribution is 2.30. The van der Waals surface area contributed by atoms with Crippen LogP contribution in [0.15, 0.2) is 0 Å². The third-order valence-corrected chi connectivity index (χ3v) is 2.46. The maximum absolute atomic E-state index is 9.82. The van der Waals surface area contributed by atoms with Crippen molar-refractivity contribution in [2.45, 2.75) is 33.3 Å². The lowest BCUT2D eigenvalue weighted by Gasteiger charge is -2.36. The molecule has 0 aliphatic rings. The highest BCUT2D eigenvalue weighted by molar-refractivity contribution is 7.38. The number of hydrogen-bond donors (Lipinski definition) is 7. The Labute approximate surface area is 108 Å². The molecule has 7 nitrogen and oxygen atoms in total. The molecule has 18 heavy (non-hydrogen) atoms. The fourth-order valence-corrected chi connectivity index (χ4v) is 1.26. The first-order valence-corrected chi connectivity index (χ1v) is 6.62. The number of aliphatic hydroxyl groups excluding tert-OH is 4. The normalized spacial score (nSPS) is 14.2. The van der Waals surface area contributed by atoms with Crippen molar-refractivity contribution < 1.29 is 35.1 Å². The Morgan fingerprint density at radius 2 is 1.17 bits per heavy atom. The zero-order valence-electron chi connectivity index (χ0n) is 11.0. The predicted octanol–water partition coefficient (Wildman–Crippen LogP) is -1.06. The van der Waals surface area contributed by atoms with Crippen LogP contribution in [0.4, 0.5) is 0 Å². The van der Waals surface area contributed by atoms with Crippen LogP contribution in [0.3, 0.4) is 0 Å². The van der Waals surface area contributed by atoms with Gasteiger partial charge in [-0.3, -0.25) is 0 Å². The van der Waals surface area contributed by atoms with Gasteiger partial charge in [0.05, 0.1) is 31.3 Å². The van der Waals surface area contributed by atoms with Gasteiger partial charge in [0.25, 0.3) is 0 Å². The minimum Gasteiger partial charge on any atom is -0.396 e. The van der Waals surface area contributed by atoms with E-state index < -0.39 is 39.9 Å². The molecule has 7 N–H and O–H groups in total. The van der Waals surface area contributed by atoms with Crippen LogP contribution in [-0.4, -0.2) is 61.0 Å². The second kappa shape index (κ2) is 9.12. The summed E-state index contributed by atoms with van der Waals surface area (Å²) >= 11 is 0. The van der Waals surface area contributed by atoms with E-state index in [9.17, 15) is 5.11 Å². The molecule has 0 spiro atoms. The summed E-state index contributed by atoms with van der Waals surface area (Å²) in [5.74, 6) is 0. The van der Waals surface area contributed by atoms with Crippen LogP contribution in [0.2, 0.25) is 0 Å². The molecule has 0 aromatic rings. The zero-order valence-corrected chi connectivity index (χ0v) is 11.9. The van der Waals surface area contributed by atoms with Crippen molar-refractivity contribution >= 4 is 8.60 Å². The van der Waals surface area contributed by atoms with Gasteiger partial charge >= 0.3 is 8.60 Å². The van der Waals surface area contributed by atoms with Gasteiger partial charge in [0, 0.05) is 0 Å². The Balaban J connectivity index is 0. The van der Waals surface area contributed by atoms with Crippen LogP contribution in [0, 0.1) is 10.8 Å². The molecule has 0 fully saturated rings. The number of aliphatic hydroxyl groups is 4. The van der Waals surface area contributed by atoms with Gasteiger partial charge in [-0.25, -0.2) is 0 Å². The Kier molecular flexibility index (Phi) is 10.4. The molecule has 0 saturated heterocycles. The highest BCUT2D eigenvalue weighted by Gasteiger charge is 2.38. The summed E-state index contributed by atoms with van der Waals surface area (Å²) < 4.78 is 0. The minimum atomic E-state index is -2.62. The summed E-state index contributed by atoms with van der Waals surface area (Å²) in [6, 6.07) is 0. The van der Waals surface area contributed by atoms with Crippen molar-refractivity contribution in [1.29, 1.82) is 0 Å². The van der Waals surface area contributed by atoms with Crippen molar-refractivity contribution in [3.63, 3.8) is 0 Å². The lowest BCUT2D eigenvalue weighted by molar-refractivity contribution is -0.0951. The monoisotopic (exact) mass is 288 g/mol.